The Bertz CT molecular complexity index is 849. The van der Waals surface area contributed by atoms with Crippen LogP contribution in [0, 0.1) is 0 Å². The predicted octanol–water partition coefficient (Wildman–Crippen LogP) is 2.91. The molecule has 130 valence electrons. The average Bonchev–Trinajstić information content (AvgIpc) is 3.11. The van der Waals surface area contributed by atoms with Crippen LogP contribution in [0.1, 0.15) is 42.7 Å². The minimum Gasteiger partial charge on any atom is -0.395 e. The number of nitrogens with zero attached hydrogens (tertiary/aromatic N) is 3. The zero-order chi connectivity index (χ0) is 17.2. The molecule has 0 radical (unpaired) electrons. The summed E-state index contributed by atoms with van der Waals surface area (Å²) in [7, 11) is 0. The molecule has 25 heavy (non-hydrogen) atoms. The molecule has 0 saturated heterocycles. The van der Waals surface area contributed by atoms with E-state index < -0.39 is 0 Å². The van der Waals surface area contributed by atoms with E-state index in [2.05, 4.69) is 22.4 Å². The van der Waals surface area contributed by atoms with Crippen LogP contribution in [0.2, 0.25) is 0 Å². The number of hydrogen-bond donors (Lipinski definition) is 3. The normalized spacial score (nSPS) is 20.7. The summed E-state index contributed by atoms with van der Waals surface area (Å²) in [6.45, 7) is 0.715. The molecule has 1 aliphatic carbocycles. The molecule has 3 aromatic rings. The third-order valence-corrected chi connectivity index (χ3v) is 5.10. The number of hydrogen-bond acceptors (Lipinski definition) is 5. The van der Waals surface area contributed by atoms with E-state index in [0.717, 1.165) is 48.4 Å². The summed E-state index contributed by atoms with van der Waals surface area (Å²) >= 11 is 0. The lowest BCUT2D eigenvalue weighted by Gasteiger charge is -2.28. The third-order valence-electron chi connectivity index (χ3n) is 5.10. The van der Waals surface area contributed by atoms with E-state index in [4.69, 9.17) is 16.6 Å². The van der Waals surface area contributed by atoms with Crippen LogP contribution in [0.3, 0.4) is 0 Å². The van der Waals surface area contributed by atoms with Gasteiger partial charge in [-0.05, 0) is 37.2 Å². The lowest BCUT2D eigenvalue weighted by Crippen LogP contribution is -2.26. The number of benzene rings is 1. The van der Waals surface area contributed by atoms with Gasteiger partial charge >= 0.3 is 0 Å². The molecule has 0 aliphatic heterocycles. The molecule has 0 spiro atoms. The first-order valence-corrected chi connectivity index (χ1v) is 8.88. The smallest absolute Gasteiger partial charge is 0.177 e. The van der Waals surface area contributed by atoms with Crippen molar-refractivity contribution in [3.05, 3.63) is 53.9 Å². The van der Waals surface area contributed by atoms with Gasteiger partial charge in [0.15, 0.2) is 11.5 Å². The molecule has 1 aliphatic rings. The van der Waals surface area contributed by atoms with Crippen LogP contribution < -0.4 is 16.8 Å². The van der Waals surface area contributed by atoms with Gasteiger partial charge in [0.2, 0.25) is 0 Å². The molecule has 2 heterocycles. The second-order valence-corrected chi connectivity index (χ2v) is 6.82. The van der Waals surface area contributed by atoms with Gasteiger partial charge in [0.1, 0.15) is 0 Å². The van der Waals surface area contributed by atoms with Crippen LogP contribution in [-0.4, -0.2) is 20.6 Å². The zero-order valence-electron chi connectivity index (χ0n) is 14.2. The minimum atomic E-state index is 0.307. The average molecular weight is 336 g/mol. The summed E-state index contributed by atoms with van der Waals surface area (Å²) in [5.74, 6) is 1.24. The molecule has 0 unspecified atom stereocenters. The summed E-state index contributed by atoms with van der Waals surface area (Å²) in [6, 6.07) is 10.6. The summed E-state index contributed by atoms with van der Waals surface area (Å²) in [6.07, 6.45) is 7.72. The molecule has 0 atom stereocenters. The molecule has 1 fully saturated rings. The van der Waals surface area contributed by atoms with Crippen LogP contribution in [-0.2, 0) is 6.54 Å². The highest BCUT2D eigenvalue weighted by Gasteiger charge is 2.26. The van der Waals surface area contributed by atoms with Gasteiger partial charge in [0.05, 0.1) is 5.69 Å². The quantitative estimate of drug-likeness (QED) is 0.681. The van der Waals surface area contributed by atoms with Crippen molar-refractivity contribution in [1.82, 2.24) is 14.6 Å². The van der Waals surface area contributed by atoms with Gasteiger partial charge in [-0.15, -0.1) is 5.10 Å². The Morgan fingerprint density at radius 1 is 1.12 bits per heavy atom. The molecule has 0 amide bonds. The maximum absolute atomic E-state index is 6.50. The Balaban J connectivity index is 1.69. The number of nitrogens with two attached hydrogens (primary N) is 2. The van der Waals surface area contributed by atoms with Crippen LogP contribution in [0.15, 0.2) is 42.7 Å². The topological polar surface area (TPSA) is 94.3 Å². The molecule has 6 heteroatoms. The van der Waals surface area contributed by atoms with E-state index in [9.17, 15) is 0 Å². The Morgan fingerprint density at radius 2 is 1.88 bits per heavy atom. The predicted molar refractivity (Wildman–Crippen MR) is 100 cm³/mol. The number of rotatable bonds is 4. The Morgan fingerprint density at radius 3 is 2.64 bits per heavy atom. The molecule has 4 rings (SSSR count). The third kappa shape index (κ3) is 3.17. The Hall–Kier alpha value is -2.60. The molecule has 6 nitrogen and oxygen atoms in total. The number of aromatic nitrogens is 3. The first kappa shape index (κ1) is 15.9. The van der Waals surface area contributed by atoms with Gasteiger partial charge in [-0.3, -0.25) is 0 Å². The highest BCUT2D eigenvalue weighted by Crippen LogP contribution is 2.39. The maximum atomic E-state index is 6.50. The standard InChI is InChI=1S/C19H24N6/c20-15-8-6-14(7-9-15)16-17(21)19-22-10-11-25(19)24-18(16)23-12-13-4-2-1-3-5-13/h1-5,10-11,14-15H,6-9,12,20-21H2,(H,23,24). The number of nitrogen functional groups attached to an aromatic ring is 1. The van der Waals surface area contributed by atoms with Gasteiger partial charge in [-0.25, -0.2) is 9.50 Å². The summed E-state index contributed by atoms with van der Waals surface area (Å²) in [5.41, 5.74) is 16.4. The summed E-state index contributed by atoms with van der Waals surface area (Å²) in [5, 5.41) is 8.23. The minimum absolute atomic E-state index is 0.307. The summed E-state index contributed by atoms with van der Waals surface area (Å²) < 4.78 is 1.75. The van der Waals surface area contributed by atoms with Gasteiger partial charge in [0.25, 0.3) is 0 Å². The zero-order valence-corrected chi connectivity index (χ0v) is 14.2. The molecular formula is C19H24N6. The van der Waals surface area contributed by atoms with E-state index in [-0.39, 0.29) is 0 Å². The van der Waals surface area contributed by atoms with Gasteiger partial charge in [-0.2, -0.15) is 0 Å². The molecule has 1 saturated carbocycles. The fourth-order valence-electron chi connectivity index (χ4n) is 3.71. The number of nitrogens with one attached hydrogen (secondary N) is 1. The molecule has 5 N–H and O–H groups in total. The summed E-state index contributed by atoms with van der Waals surface area (Å²) in [4.78, 5) is 4.37. The second-order valence-electron chi connectivity index (χ2n) is 6.82. The Kier molecular flexibility index (Phi) is 4.28. The number of anilines is 2. The highest BCUT2D eigenvalue weighted by atomic mass is 15.3. The SMILES string of the molecule is Nc1c(C2CCC(N)CC2)c(NCc2ccccc2)nn2ccnc12. The van der Waals surface area contributed by atoms with Crippen LogP contribution >= 0.6 is 0 Å². The van der Waals surface area contributed by atoms with Crippen molar-refractivity contribution in [3.8, 4) is 0 Å². The molecule has 1 aromatic carbocycles. The molecular weight excluding hydrogens is 312 g/mol. The fourth-order valence-corrected chi connectivity index (χ4v) is 3.71. The first-order chi connectivity index (χ1) is 12.2. The van der Waals surface area contributed by atoms with Crippen molar-refractivity contribution >= 4 is 17.2 Å². The maximum Gasteiger partial charge on any atom is 0.177 e. The second kappa shape index (κ2) is 6.72. The number of fused-ring (bicyclic) bond motifs is 1. The van der Waals surface area contributed by atoms with Gasteiger partial charge in [0, 0.05) is 30.5 Å². The highest BCUT2D eigenvalue weighted by molar-refractivity contribution is 5.74. The van der Waals surface area contributed by atoms with Crippen molar-refractivity contribution in [2.45, 2.75) is 44.2 Å². The monoisotopic (exact) mass is 336 g/mol. The van der Waals surface area contributed by atoms with Crippen molar-refractivity contribution in [2.75, 3.05) is 11.1 Å². The van der Waals surface area contributed by atoms with Crippen molar-refractivity contribution in [1.29, 1.82) is 0 Å². The molecule has 0 bridgehead atoms. The van der Waals surface area contributed by atoms with Crippen LogP contribution in [0.4, 0.5) is 11.5 Å². The van der Waals surface area contributed by atoms with Crippen LogP contribution in [0.25, 0.3) is 5.65 Å². The van der Waals surface area contributed by atoms with Gasteiger partial charge in [-0.1, -0.05) is 30.3 Å². The fraction of sp³-hybridized carbons (Fsp3) is 0.368. The largest absolute Gasteiger partial charge is 0.395 e. The van der Waals surface area contributed by atoms with Crippen molar-refractivity contribution < 1.29 is 0 Å². The molecule has 2 aromatic heterocycles. The first-order valence-electron chi connectivity index (χ1n) is 8.88. The van der Waals surface area contributed by atoms with E-state index in [1.807, 2.05) is 24.4 Å². The van der Waals surface area contributed by atoms with E-state index >= 15 is 0 Å². The van der Waals surface area contributed by atoms with Crippen LogP contribution in [0.5, 0.6) is 0 Å². The van der Waals surface area contributed by atoms with Crippen molar-refractivity contribution in [2.24, 2.45) is 5.73 Å². The Labute approximate surface area is 147 Å². The lowest BCUT2D eigenvalue weighted by molar-refractivity contribution is 0.396. The number of imidazole rings is 1. The van der Waals surface area contributed by atoms with E-state index in [0.29, 0.717) is 18.5 Å². The van der Waals surface area contributed by atoms with Crippen molar-refractivity contribution in [3.63, 3.8) is 0 Å². The van der Waals surface area contributed by atoms with E-state index in [1.165, 1.54) is 5.56 Å². The van der Waals surface area contributed by atoms with E-state index in [1.54, 1.807) is 10.7 Å². The lowest BCUT2D eigenvalue weighted by atomic mass is 9.81. The van der Waals surface area contributed by atoms with Gasteiger partial charge < -0.3 is 16.8 Å².